The highest BCUT2D eigenvalue weighted by molar-refractivity contribution is 9.10. The van der Waals surface area contributed by atoms with Gasteiger partial charge < -0.3 is 14.8 Å². The fraction of sp³-hybridized carbons (Fsp3) is 0.154. The first-order valence-electron chi connectivity index (χ1n) is 5.41. The highest BCUT2D eigenvalue weighted by Crippen LogP contribution is 2.28. The van der Waals surface area contributed by atoms with Gasteiger partial charge in [0.1, 0.15) is 5.76 Å². The molecule has 2 N–H and O–H groups in total. The largest absolute Gasteiger partial charge is 0.478 e. The summed E-state index contributed by atoms with van der Waals surface area (Å²) in [5, 5.41) is 12.3. The normalized spacial score (nSPS) is 12.1. The average Bonchev–Trinajstić information content (AvgIpc) is 2.81. The van der Waals surface area contributed by atoms with E-state index in [9.17, 15) is 9.90 Å². The van der Waals surface area contributed by atoms with Gasteiger partial charge in [-0.2, -0.15) is 0 Å². The van der Waals surface area contributed by atoms with Gasteiger partial charge in [0.05, 0.1) is 23.6 Å². The van der Waals surface area contributed by atoms with E-state index in [1.54, 1.807) is 30.5 Å². The fourth-order valence-corrected chi connectivity index (χ4v) is 2.24. The van der Waals surface area contributed by atoms with Crippen molar-refractivity contribution in [2.24, 2.45) is 0 Å². The first-order chi connectivity index (χ1) is 8.59. The second kappa shape index (κ2) is 5.27. The Hall–Kier alpha value is -1.75. The molecule has 0 bridgehead atoms. The van der Waals surface area contributed by atoms with Gasteiger partial charge in [0.25, 0.3) is 0 Å². The van der Waals surface area contributed by atoms with E-state index in [0.29, 0.717) is 10.2 Å². The highest BCUT2D eigenvalue weighted by atomic mass is 79.9. The Kier molecular flexibility index (Phi) is 3.72. The lowest BCUT2D eigenvalue weighted by atomic mass is 10.1. The molecule has 0 amide bonds. The first kappa shape index (κ1) is 12.7. The minimum Gasteiger partial charge on any atom is -0.478 e. The Bertz CT molecular complexity index is 551. The van der Waals surface area contributed by atoms with Crippen LogP contribution < -0.4 is 5.32 Å². The van der Waals surface area contributed by atoms with E-state index in [1.165, 1.54) is 0 Å². The van der Waals surface area contributed by atoms with Crippen molar-refractivity contribution in [3.63, 3.8) is 0 Å². The van der Waals surface area contributed by atoms with Crippen molar-refractivity contribution in [2.75, 3.05) is 5.32 Å². The van der Waals surface area contributed by atoms with Gasteiger partial charge in [-0.1, -0.05) is 6.07 Å². The van der Waals surface area contributed by atoms with Gasteiger partial charge in [0.15, 0.2) is 0 Å². The van der Waals surface area contributed by atoms with Crippen LogP contribution in [0.5, 0.6) is 0 Å². The van der Waals surface area contributed by atoms with Gasteiger partial charge in [0.2, 0.25) is 0 Å². The number of anilines is 1. The van der Waals surface area contributed by atoms with Crippen LogP contribution in [0.4, 0.5) is 5.69 Å². The van der Waals surface area contributed by atoms with Gasteiger partial charge >= 0.3 is 5.97 Å². The van der Waals surface area contributed by atoms with Crippen LogP contribution in [0.15, 0.2) is 45.5 Å². The average molecular weight is 310 g/mol. The van der Waals surface area contributed by atoms with Crippen LogP contribution in [0.25, 0.3) is 0 Å². The molecule has 94 valence electrons. The van der Waals surface area contributed by atoms with Crippen LogP contribution in [0.1, 0.15) is 29.1 Å². The lowest BCUT2D eigenvalue weighted by Gasteiger charge is -2.15. The molecule has 1 unspecified atom stereocenters. The zero-order chi connectivity index (χ0) is 13.1. The van der Waals surface area contributed by atoms with E-state index in [-0.39, 0.29) is 11.6 Å². The van der Waals surface area contributed by atoms with Crippen molar-refractivity contribution < 1.29 is 14.3 Å². The number of nitrogens with one attached hydrogen (secondary N) is 1. The molecule has 0 aliphatic heterocycles. The molecule has 18 heavy (non-hydrogen) atoms. The number of hydrogen-bond acceptors (Lipinski definition) is 3. The van der Waals surface area contributed by atoms with Crippen molar-refractivity contribution in [1.29, 1.82) is 0 Å². The lowest BCUT2D eigenvalue weighted by Crippen LogP contribution is -2.10. The number of furan rings is 1. The predicted molar refractivity (Wildman–Crippen MR) is 71.8 cm³/mol. The summed E-state index contributed by atoms with van der Waals surface area (Å²) in [6, 6.07) is 8.75. The smallest absolute Gasteiger partial charge is 0.338 e. The Balaban J connectivity index is 2.29. The molecule has 0 fully saturated rings. The van der Waals surface area contributed by atoms with Crippen molar-refractivity contribution in [2.45, 2.75) is 13.0 Å². The van der Waals surface area contributed by atoms with Crippen molar-refractivity contribution in [3.8, 4) is 0 Å². The van der Waals surface area contributed by atoms with E-state index in [1.807, 2.05) is 13.0 Å². The van der Waals surface area contributed by atoms with E-state index in [0.717, 1.165) is 5.76 Å². The quantitative estimate of drug-likeness (QED) is 0.898. The van der Waals surface area contributed by atoms with E-state index in [4.69, 9.17) is 4.42 Å². The molecule has 0 aliphatic carbocycles. The van der Waals surface area contributed by atoms with Crippen molar-refractivity contribution in [3.05, 3.63) is 52.4 Å². The molecule has 0 saturated heterocycles. The topological polar surface area (TPSA) is 62.5 Å². The maximum absolute atomic E-state index is 11.2. The number of carbonyl (C=O) groups is 1. The lowest BCUT2D eigenvalue weighted by molar-refractivity contribution is 0.0697. The Morgan fingerprint density at radius 1 is 1.39 bits per heavy atom. The summed E-state index contributed by atoms with van der Waals surface area (Å²) in [6.07, 6.45) is 1.59. The molecule has 0 radical (unpaired) electrons. The van der Waals surface area contributed by atoms with E-state index in [2.05, 4.69) is 21.2 Å². The van der Waals surface area contributed by atoms with Crippen LogP contribution in [0.3, 0.4) is 0 Å². The van der Waals surface area contributed by atoms with Crippen LogP contribution in [0, 0.1) is 0 Å². The minimum absolute atomic E-state index is 0.104. The molecular formula is C13H12BrNO3. The maximum Gasteiger partial charge on any atom is 0.338 e. The summed E-state index contributed by atoms with van der Waals surface area (Å²) in [7, 11) is 0. The van der Waals surface area contributed by atoms with Crippen molar-refractivity contribution >= 4 is 27.6 Å². The van der Waals surface area contributed by atoms with Crippen LogP contribution in [0.2, 0.25) is 0 Å². The van der Waals surface area contributed by atoms with Crippen LogP contribution >= 0.6 is 15.9 Å². The zero-order valence-corrected chi connectivity index (χ0v) is 11.3. The first-order valence-corrected chi connectivity index (χ1v) is 6.20. The molecule has 0 aliphatic rings. The molecular weight excluding hydrogens is 298 g/mol. The monoisotopic (exact) mass is 309 g/mol. The molecule has 1 heterocycles. The number of benzene rings is 1. The van der Waals surface area contributed by atoms with Crippen LogP contribution in [-0.2, 0) is 0 Å². The summed E-state index contributed by atoms with van der Waals surface area (Å²) < 4.78 is 5.82. The third-order valence-corrected chi connectivity index (χ3v) is 3.23. The number of aromatic carboxylic acids is 1. The van der Waals surface area contributed by atoms with Gasteiger partial charge in [-0.25, -0.2) is 4.79 Å². The summed E-state index contributed by atoms with van der Waals surface area (Å²) in [5.74, 6) is -0.220. The Morgan fingerprint density at radius 3 is 2.78 bits per heavy atom. The summed E-state index contributed by atoms with van der Waals surface area (Å²) >= 11 is 3.24. The van der Waals surface area contributed by atoms with E-state index < -0.39 is 5.97 Å². The van der Waals surface area contributed by atoms with Gasteiger partial charge in [-0.05, 0) is 47.1 Å². The minimum atomic E-state index is -0.975. The summed E-state index contributed by atoms with van der Waals surface area (Å²) in [5.41, 5.74) is 0.775. The molecule has 2 rings (SSSR count). The maximum atomic E-state index is 11.2. The SMILES string of the molecule is CC(Nc1cccc(Br)c1C(=O)O)c1ccco1. The third-order valence-electron chi connectivity index (χ3n) is 2.57. The van der Waals surface area contributed by atoms with Gasteiger partial charge in [0, 0.05) is 4.47 Å². The predicted octanol–water partition coefficient (Wildman–Crippen LogP) is 3.91. The fourth-order valence-electron chi connectivity index (χ4n) is 1.70. The second-order valence-corrected chi connectivity index (χ2v) is 4.70. The number of hydrogen-bond donors (Lipinski definition) is 2. The number of carboxylic acid groups (broad SMARTS) is 1. The van der Waals surface area contributed by atoms with Gasteiger partial charge in [-0.15, -0.1) is 0 Å². The highest BCUT2D eigenvalue weighted by Gasteiger charge is 2.16. The van der Waals surface area contributed by atoms with E-state index >= 15 is 0 Å². The third kappa shape index (κ3) is 2.56. The Morgan fingerprint density at radius 2 is 2.17 bits per heavy atom. The van der Waals surface area contributed by atoms with Crippen LogP contribution in [-0.4, -0.2) is 11.1 Å². The number of rotatable bonds is 4. The molecule has 0 saturated carbocycles. The molecule has 4 nitrogen and oxygen atoms in total. The molecule has 0 spiro atoms. The summed E-state index contributed by atoms with van der Waals surface area (Å²) in [4.78, 5) is 11.2. The second-order valence-electron chi connectivity index (χ2n) is 3.85. The molecule has 1 aromatic carbocycles. The number of halogens is 1. The molecule has 1 atom stereocenters. The zero-order valence-electron chi connectivity index (χ0n) is 9.68. The Labute approximate surface area is 113 Å². The van der Waals surface area contributed by atoms with Crippen molar-refractivity contribution in [1.82, 2.24) is 0 Å². The number of carboxylic acids is 1. The molecule has 2 aromatic rings. The standard InChI is InChI=1S/C13H12BrNO3/c1-8(11-6-3-7-18-11)15-10-5-2-4-9(14)12(10)13(16)17/h2-8,15H,1H3,(H,16,17). The summed E-state index contributed by atoms with van der Waals surface area (Å²) in [6.45, 7) is 1.91. The van der Waals surface area contributed by atoms with Gasteiger partial charge in [-0.3, -0.25) is 0 Å². The molecule has 1 aromatic heterocycles. The molecule has 5 heteroatoms.